The number of aromatic nitrogens is 4. The van der Waals surface area contributed by atoms with Crippen LogP contribution in [0.25, 0.3) is 11.4 Å². The Morgan fingerprint density at radius 3 is 2.61 bits per heavy atom. The number of amides is 1. The molecular formula is C19H21N5O3S. The Hall–Kier alpha value is -3.07. The van der Waals surface area contributed by atoms with E-state index in [-0.39, 0.29) is 11.7 Å². The van der Waals surface area contributed by atoms with E-state index in [1.807, 2.05) is 23.6 Å². The first kappa shape index (κ1) is 19.7. The number of rotatable bonds is 8. The molecule has 0 unspecified atom stereocenters. The molecule has 0 spiro atoms. The van der Waals surface area contributed by atoms with E-state index >= 15 is 0 Å². The highest BCUT2D eigenvalue weighted by atomic mass is 32.2. The van der Waals surface area contributed by atoms with E-state index in [0.29, 0.717) is 28.9 Å². The van der Waals surface area contributed by atoms with Crippen LogP contribution < -0.4 is 14.8 Å². The van der Waals surface area contributed by atoms with Gasteiger partial charge in [-0.1, -0.05) is 11.8 Å². The number of thioether (sulfide) groups is 1. The van der Waals surface area contributed by atoms with E-state index < -0.39 is 0 Å². The molecule has 0 aliphatic carbocycles. The number of nitrogens with one attached hydrogen (secondary N) is 1. The minimum atomic E-state index is -0.173. The van der Waals surface area contributed by atoms with Crippen molar-refractivity contribution in [3.63, 3.8) is 0 Å². The van der Waals surface area contributed by atoms with E-state index in [4.69, 9.17) is 9.47 Å². The van der Waals surface area contributed by atoms with Crippen molar-refractivity contribution in [2.24, 2.45) is 0 Å². The van der Waals surface area contributed by atoms with Gasteiger partial charge in [0.2, 0.25) is 5.91 Å². The van der Waals surface area contributed by atoms with Crippen molar-refractivity contribution in [3.05, 3.63) is 42.7 Å². The predicted molar refractivity (Wildman–Crippen MR) is 108 cm³/mol. The summed E-state index contributed by atoms with van der Waals surface area (Å²) >= 11 is 1.33. The van der Waals surface area contributed by atoms with Gasteiger partial charge in [-0.05, 0) is 31.2 Å². The zero-order chi connectivity index (χ0) is 19.9. The molecule has 1 N–H and O–H groups in total. The number of carbonyl (C=O) groups excluding carboxylic acids is 1. The Balaban J connectivity index is 1.69. The molecule has 0 aliphatic heterocycles. The summed E-state index contributed by atoms with van der Waals surface area (Å²) in [5.74, 6) is 1.97. The summed E-state index contributed by atoms with van der Waals surface area (Å²) < 4.78 is 12.5. The molecule has 9 heteroatoms. The molecule has 0 bridgehead atoms. The fourth-order valence-corrected chi connectivity index (χ4v) is 3.43. The molecule has 1 aromatic carbocycles. The Bertz CT molecular complexity index is 946. The minimum absolute atomic E-state index is 0.173. The Morgan fingerprint density at radius 1 is 1.14 bits per heavy atom. The van der Waals surface area contributed by atoms with Crippen LogP contribution in [0.5, 0.6) is 11.5 Å². The molecule has 146 valence electrons. The summed E-state index contributed by atoms with van der Waals surface area (Å²) in [4.78, 5) is 16.5. The largest absolute Gasteiger partial charge is 0.497 e. The van der Waals surface area contributed by atoms with E-state index in [1.54, 1.807) is 44.8 Å². The minimum Gasteiger partial charge on any atom is -0.497 e. The Morgan fingerprint density at radius 2 is 1.93 bits per heavy atom. The number of hydrogen-bond acceptors (Lipinski definition) is 7. The van der Waals surface area contributed by atoms with Crippen LogP contribution in [0.1, 0.15) is 6.92 Å². The van der Waals surface area contributed by atoms with Gasteiger partial charge in [0.15, 0.2) is 11.0 Å². The zero-order valence-corrected chi connectivity index (χ0v) is 16.7. The van der Waals surface area contributed by atoms with Crippen LogP contribution in [0.3, 0.4) is 0 Å². The van der Waals surface area contributed by atoms with Gasteiger partial charge in [-0.3, -0.25) is 9.78 Å². The first-order valence-corrected chi connectivity index (χ1v) is 9.63. The molecule has 0 radical (unpaired) electrons. The Labute approximate surface area is 167 Å². The van der Waals surface area contributed by atoms with Crippen LogP contribution in [-0.2, 0) is 11.3 Å². The highest BCUT2D eigenvalue weighted by Crippen LogP contribution is 2.29. The SMILES string of the molecule is CCn1c(SCC(=O)Nc2cc(OC)ccc2OC)nnc1-c1ccncc1. The normalized spacial score (nSPS) is 10.5. The lowest BCUT2D eigenvalue weighted by Gasteiger charge is -2.12. The maximum Gasteiger partial charge on any atom is 0.234 e. The molecular weight excluding hydrogens is 378 g/mol. The van der Waals surface area contributed by atoms with Crippen LogP contribution in [0.4, 0.5) is 5.69 Å². The fraction of sp³-hybridized carbons (Fsp3) is 0.263. The Kier molecular flexibility index (Phi) is 6.49. The molecule has 0 saturated heterocycles. The van der Waals surface area contributed by atoms with E-state index in [0.717, 1.165) is 11.4 Å². The van der Waals surface area contributed by atoms with Crippen LogP contribution >= 0.6 is 11.8 Å². The summed E-state index contributed by atoms with van der Waals surface area (Å²) in [6.07, 6.45) is 3.43. The molecule has 3 aromatic rings. The molecule has 0 fully saturated rings. The molecule has 0 aliphatic rings. The third-order valence-corrected chi connectivity index (χ3v) is 4.95. The van der Waals surface area contributed by atoms with E-state index in [2.05, 4.69) is 20.5 Å². The molecule has 3 rings (SSSR count). The molecule has 0 saturated carbocycles. The average molecular weight is 399 g/mol. The van der Waals surface area contributed by atoms with Gasteiger partial charge in [0, 0.05) is 30.6 Å². The van der Waals surface area contributed by atoms with Crippen molar-refractivity contribution in [2.45, 2.75) is 18.6 Å². The number of pyridine rings is 1. The first-order chi connectivity index (χ1) is 13.7. The van der Waals surface area contributed by atoms with E-state index in [1.165, 1.54) is 11.8 Å². The van der Waals surface area contributed by atoms with Crippen LogP contribution in [0.2, 0.25) is 0 Å². The summed E-state index contributed by atoms with van der Waals surface area (Å²) in [5, 5.41) is 12.0. The van der Waals surface area contributed by atoms with Crippen molar-refractivity contribution in [1.29, 1.82) is 0 Å². The predicted octanol–water partition coefficient (Wildman–Crippen LogP) is 3.11. The van der Waals surface area contributed by atoms with Gasteiger partial charge in [0.25, 0.3) is 0 Å². The molecule has 2 heterocycles. The summed E-state index contributed by atoms with van der Waals surface area (Å²) in [5.41, 5.74) is 1.49. The standard InChI is InChI=1S/C19H21N5O3S/c1-4-24-18(13-7-9-20-10-8-13)22-23-19(24)28-12-17(25)21-15-11-14(26-2)5-6-16(15)27-3/h5-11H,4,12H2,1-3H3,(H,21,25). The molecule has 1 amide bonds. The van der Waals surface area contributed by atoms with Gasteiger partial charge in [0.1, 0.15) is 11.5 Å². The zero-order valence-electron chi connectivity index (χ0n) is 15.9. The van der Waals surface area contributed by atoms with Gasteiger partial charge in [0.05, 0.1) is 25.7 Å². The molecule has 8 nitrogen and oxygen atoms in total. The number of nitrogens with zero attached hydrogens (tertiary/aromatic N) is 4. The van der Waals surface area contributed by atoms with Crippen LogP contribution in [0.15, 0.2) is 47.9 Å². The lowest BCUT2D eigenvalue weighted by atomic mass is 10.2. The number of hydrogen-bond donors (Lipinski definition) is 1. The van der Waals surface area contributed by atoms with Gasteiger partial charge < -0.3 is 19.4 Å². The number of ether oxygens (including phenoxy) is 2. The second-order valence-corrected chi connectivity index (χ2v) is 6.63. The molecule has 28 heavy (non-hydrogen) atoms. The van der Waals surface area contributed by atoms with E-state index in [9.17, 15) is 4.79 Å². The highest BCUT2D eigenvalue weighted by Gasteiger charge is 2.15. The first-order valence-electron chi connectivity index (χ1n) is 8.64. The maximum absolute atomic E-state index is 12.4. The van der Waals surface area contributed by atoms with Gasteiger partial charge in [-0.2, -0.15) is 0 Å². The number of anilines is 1. The lowest BCUT2D eigenvalue weighted by Crippen LogP contribution is -2.15. The number of carbonyl (C=O) groups is 1. The lowest BCUT2D eigenvalue weighted by molar-refractivity contribution is -0.113. The maximum atomic E-state index is 12.4. The van der Waals surface area contributed by atoms with Crippen LogP contribution in [-0.4, -0.2) is 45.6 Å². The second-order valence-electron chi connectivity index (χ2n) is 5.69. The monoisotopic (exact) mass is 399 g/mol. The van der Waals surface area contributed by atoms with Crippen molar-refractivity contribution < 1.29 is 14.3 Å². The summed E-state index contributed by atoms with van der Waals surface area (Å²) in [7, 11) is 3.12. The van der Waals surface area contributed by atoms with Gasteiger partial charge in [-0.15, -0.1) is 10.2 Å². The van der Waals surface area contributed by atoms with Gasteiger partial charge in [-0.25, -0.2) is 0 Å². The van der Waals surface area contributed by atoms with Crippen LogP contribution in [0, 0.1) is 0 Å². The quantitative estimate of drug-likeness (QED) is 0.582. The third-order valence-electron chi connectivity index (χ3n) is 3.98. The topological polar surface area (TPSA) is 91.2 Å². The van der Waals surface area contributed by atoms with Crippen molar-refractivity contribution in [1.82, 2.24) is 19.7 Å². The van der Waals surface area contributed by atoms with Crippen molar-refractivity contribution >= 4 is 23.4 Å². The number of methoxy groups -OCH3 is 2. The summed E-state index contributed by atoms with van der Waals surface area (Å²) in [6.45, 7) is 2.71. The molecule has 2 aromatic heterocycles. The van der Waals surface area contributed by atoms with Gasteiger partial charge >= 0.3 is 0 Å². The fourth-order valence-electron chi connectivity index (χ4n) is 2.62. The summed E-state index contributed by atoms with van der Waals surface area (Å²) in [6, 6.07) is 9.00. The second kappa shape index (κ2) is 9.23. The van der Waals surface area contributed by atoms with Crippen molar-refractivity contribution in [3.8, 4) is 22.9 Å². The smallest absolute Gasteiger partial charge is 0.234 e. The molecule has 0 atom stereocenters. The third kappa shape index (κ3) is 4.42. The number of benzene rings is 1. The van der Waals surface area contributed by atoms with Crippen molar-refractivity contribution in [2.75, 3.05) is 25.3 Å². The average Bonchev–Trinajstić information content (AvgIpc) is 3.15. The highest BCUT2D eigenvalue weighted by molar-refractivity contribution is 7.99.